The standard InChI is InChI=1S/C9H7ClN2O2/c1-11-8(13)6-4-2-3-5-7(6)12(10)9(11)14/h2-5H,1H3. The van der Waals surface area contributed by atoms with Crippen molar-refractivity contribution >= 4 is 22.7 Å². The van der Waals surface area contributed by atoms with Crippen LogP contribution < -0.4 is 11.2 Å². The highest BCUT2D eigenvalue weighted by Crippen LogP contribution is 2.07. The minimum Gasteiger partial charge on any atom is -0.268 e. The molecular formula is C9H7ClN2O2. The molecule has 2 aromatic rings. The van der Waals surface area contributed by atoms with Crippen LogP contribution in [0.15, 0.2) is 33.9 Å². The van der Waals surface area contributed by atoms with E-state index < -0.39 is 5.69 Å². The van der Waals surface area contributed by atoms with Crippen LogP contribution in [0.5, 0.6) is 0 Å². The van der Waals surface area contributed by atoms with Gasteiger partial charge in [-0.05, 0) is 12.1 Å². The molecule has 0 radical (unpaired) electrons. The summed E-state index contributed by atoms with van der Waals surface area (Å²) in [7, 11) is 1.40. The van der Waals surface area contributed by atoms with Crippen molar-refractivity contribution in [1.29, 1.82) is 0 Å². The Morgan fingerprint density at radius 1 is 1.21 bits per heavy atom. The number of nitrogens with zero attached hydrogens (tertiary/aromatic N) is 2. The Labute approximate surface area is 84.1 Å². The molecule has 14 heavy (non-hydrogen) atoms. The van der Waals surface area contributed by atoms with Crippen molar-refractivity contribution in [3.8, 4) is 0 Å². The summed E-state index contributed by atoms with van der Waals surface area (Å²) in [4.78, 5) is 23.0. The highest BCUT2D eigenvalue weighted by Gasteiger charge is 2.07. The van der Waals surface area contributed by atoms with Crippen molar-refractivity contribution in [2.45, 2.75) is 0 Å². The Hall–Kier alpha value is -1.55. The van der Waals surface area contributed by atoms with E-state index in [1.165, 1.54) is 7.05 Å². The first-order valence-electron chi connectivity index (χ1n) is 4.00. The topological polar surface area (TPSA) is 44.0 Å². The molecule has 1 heterocycles. The molecule has 0 atom stereocenters. The molecule has 1 aromatic carbocycles. The maximum atomic E-state index is 11.6. The van der Waals surface area contributed by atoms with Gasteiger partial charge in [-0.15, -0.1) is 0 Å². The van der Waals surface area contributed by atoms with Crippen LogP contribution in [0.3, 0.4) is 0 Å². The number of halogens is 1. The third kappa shape index (κ3) is 1.08. The lowest BCUT2D eigenvalue weighted by Gasteiger charge is -2.03. The molecule has 0 fully saturated rings. The molecule has 0 amide bonds. The van der Waals surface area contributed by atoms with Crippen LogP contribution in [-0.4, -0.2) is 8.65 Å². The van der Waals surface area contributed by atoms with Crippen molar-refractivity contribution < 1.29 is 0 Å². The van der Waals surface area contributed by atoms with Crippen molar-refractivity contribution in [2.24, 2.45) is 7.05 Å². The van der Waals surface area contributed by atoms with Crippen molar-refractivity contribution in [2.75, 3.05) is 0 Å². The van der Waals surface area contributed by atoms with Crippen LogP contribution in [0.25, 0.3) is 10.9 Å². The van der Waals surface area contributed by atoms with Gasteiger partial charge in [0, 0.05) is 18.8 Å². The Bertz CT molecular complexity index is 612. The lowest BCUT2D eigenvalue weighted by Crippen LogP contribution is -2.35. The quantitative estimate of drug-likeness (QED) is 0.643. The molecule has 0 bridgehead atoms. The second-order valence-electron chi connectivity index (χ2n) is 2.94. The van der Waals surface area contributed by atoms with Gasteiger partial charge in [-0.1, -0.05) is 12.1 Å². The van der Waals surface area contributed by atoms with Crippen molar-refractivity contribution in [3.63, 3.8) is 0 Å². The molecule has 0 unspecified atom stereocenters. The maximum Gasteiger partial charge on any atom is 0.346 e. The van der Waals surface area contributed by atoms with Gasteiger partial charge in [-0.3, -0.25) is 9.36 Å². The van der Waals surface area contributed by atoms with Crippen LogP contribution in [0.2, 0.25) is 0 Å². The van der Waals surface area contributed by atoms with Crippen LogP contribution >= 0.6 is 11.8 Å². The fourth-order valence-electron chi connectivity index (χ4n) is 1.33. The Morgan fingerprint density at radius 3 is 2.57 bits per heavy atom. The van der Waals surface area contributed by atoms with Gasteiger partial charge in [0.25, 0.3) is 5.56 Å². The number of rotatable bonds is 0. The molecule has 0 saturated carbocycles. The third-order valence-corrected chi connectivity index (χ3v) is 2.43. The summed E-state index contributed by atoms with van der Waals surface area (Å²) in [6.45, 7) is 0. The first-order chi connectivity index (χ1) is 6.63. The van der Waals surface area contributed by atoms with E-state index in [-0.39, 0.29) is 5.56 Å². The van der Waals surface area contributed by atoms with Gasteiger partial charge in [0.1, 0.15) is 0 Å². The molecule has 0 aliphatic heterocycles. The van der Waals surface area contributed by atoms with Gasteiger partial charge in [0.05, 0.1) is 10.9 Å². The third-order valence-electron chi connectivity index (χ3n) is 2.11. The summed E-state index contributed by atoms with van der Waals surface area (Å²) in [5.41, 5.74) is -0.430. The number of fused-ring (bicyclic) bond motifs is 1. The molecule has 0 aliphatic carbocycles. The Balaban J connectivity index is 3.19. The van der Waals surface area contributed by atoms with E-state index in [4.69, 9.17) is 11.8 Å². The SMILES string of the molecule is Cn1c(=O)c2ccccc2n(Cl)c1=O. The predicted octanol–water partition coefficient (Wildman–Crippen LogP) is 0.702. The van der Waals surface area contributed by atoms with E-state index in [0.717, 1.165) is 8.65 Å². The average Bonchev–Trinajstić information content (AvgIpc) is 2.23. The fraction of sp³-hybridized carbons (Fsp3) is 0.111. The van der Waals surface area contributed by atoms with E-state index in [2.05, 4.69) is 0 Å². The Kier molecular flexibility index (Phi) is 1.93. The predicted molar refractivity (Wildman–Crippen MR) is 54.7 cm³/mol. The monoisotopic (exact) mass is 210 g/mol. The fourth-order valence-corrected chi connectivity index (χ4v) is 1.59. The molecule has 1 aromatic heterocycles. The van der Waals surface area contributed by atoms with Crippen molar-refractivity contribution in [1.82, 2.24) is 8.65 Å². The van der Waals surface area contributed by atoms with E-state index in [0.29, 0.717) is 10.9 Å². The van der Waals surface area contributed by atoms with Gasteiger partial charge < -0.3 is 0 Å². The largest absolute Gasteiger partial charge is 0.346 e. The highest BCUT2D eigenvalue weighted by atomic mass is 35.5. The first kappa shape index (κ1) is 9.02. The van der Waals surface area contributed by atoms with Gasteiger partial charge in [-0.25, -0.2) is 8.88 Å². The smallest absolute Gasteiger partial charge is 0.268 e. The summed E-state index contributed by atoms with van der Waals surface area (Å²) in [6.07, 6.45) is 0. The summed E-state index contributed by atoms with van der Waals surface area (Å²) < 4.78 is 1.92. The summed E-state index contributed by atoms with van der Waals surface area (Å²) in [5.74, 6) is 0. The molecule has 72 valence electrons. The summed E-state index contributed by atoms with van der Waals surface area (Å²) >= 11 is 5.75. The maximum absolute atomic E-state index is 11.6. The minimum absolute atomic E-state index is 0.331. The number of hydrogen-bond acceptors (Lipinski definition) is 2. The molecule has 0 saturated heterocycles. The van der Waals surface area contributed by atoms with Crippen LogP contribution in [0.1, 0.15) is 0 Å². The summed E-state index contributed by atoms with van der Waals surface area (Å²) in [6, 6.07) is 6.71. The van der Waals surface area contributed by atoms with E-state index in [9.17, 15) is 9.59 Å². The van der Waals surface area contributed by atoms with E-state index >= 15 is 0 Å². The molecule has 0 aliphatic rings. The number of para-hydroxylation sites is 1. The van der Waals surface area contributed by atoms with Gasteiger partial charge in [0.2, 0.25) is 0 Å². The zero-order valence-electron chi connectivity index (χ0n) is 7.40. The minimum atomic E-state index is -0.532. The molecule has 0 N–H and O–H groups in total. The number of hydrogen-bond donors (Lipinski definition) is 0. The second kappa shape index (κ2) is 2.99. The van der Waals surface area contributed by atoms with Crippen LogP contribution in [-0.2, 0) is 7.05 Å². The second-order valence-corrected chi connectivity index (χ2v) is 3.28. The van der Waals surface area contributed by atoms with Gasteiger partial charge in [0.15, 0.2) is 0 Å². The summed E-state index contributed by atoms with van der Waals surface area (Å²) in [5, 5.41) is 0.435. The van der Waals surface area contributed by atoms with Crippen LogP contribution in [0.4, 0.5) is 0 Å². The number of benzene rings is 1. The van der Waals surface area contributed by atoms with E-state index in [1.54, 1.807) is 24.3 Å². The molecule has 4 nitrogen and oxygen atoms in total. The lowest BCUT2D eigenvalue weighted by atomic mass is 10.2. The lowest BCUT2D eigenvalue weighted by molar-refractivity contribution is 0.777. The number of aromatic nitrogens is 2. The van der Waals surface area contributed by atoms with Crippen molar-refractivity contribution in [3.05, 3.63) is 45.1 Å². The zero-order chi connectivity index (χ0) is 10.3. The van der Waals surface area contributed by atoms with Crippen LogP contribution in [0, 0.1) is 0 Å². The Morgan fingerprint density at radius 2 is 1.86 bits per heavy atom. The highest BCUT2D eigenvalue weighted by molar-refractivity contribution is 6.18. The zero-order valence-corrected chi connectivity index (χ0v) is 8.15. The van der Waals surface area contributed by atoms with Gasteiger partial charge >= 0.3 is 5.69 Å². The first-order valence-corrected chi connectivity index (χ1v) is 4.33. The molecule has 5 heteroatoms. The normalized spacial score (nSPS) is 10.7. The molecular weight excluding hydrogens is 204 g/mol. The average molecular weight is 211 g/mol. The molecule has 2 rings (SSSR count). The van der Waals surface area contributed by atoms with E-state index in [1.807, 2.05) is 0 Å². The van der Waals surface area contributed by atoms with Gasteiger partial charge in [-0.2, -0.15) is 0 Å². The molecule has 0 spiro atoms.